The van der Waals surface area contributed by atoms with Crippen LogP contribution >= 0.6 is 0 Å². The van der Waals surface area contributed by atoms with Crippen molar-refractivity contribution in [2.75, 3.05) is 0 Å². The molecule has 4 heteroatoms. The van der Waals surface area contributed by atoms with Gasteiger partial charge in [0.05, 0.1) is 22.4 Å². The number of aromatic nitrogens is 3. The van der Waals surface area contributed by atoms with Crippen LogP contribution in [-0.4, -0.2) is 14.5 Å². The molecule has 0 atom stereocenters. The molecule has 4 aromatic heterocycles. The van der Waals surface area contributed by atoms with Crippen LogP contribution in [0.2, 0.25) is 0 Å². The highest BCUT2D eigenvalue weighted by Crippen LogP contribution is 2.41. The van der Waals surface area contributed by atoms with Crippen LogP contribution < -0.4 is 0 Å². The Kier molecular flexibility index (Phi) is 6.68. The van der Waals surface area contributed by atoms with Gasteiger partial charge in [-0.1, -0.05) is 84.4 Å². The van der Waals surface area contributed by atoms with Gasteiger partial charge in [0, 0.05) is 50.8 Å². The Morgan fingerprint density at radius 1 is 0.431 bits per heavy atom. The molecule has 0 bridgehead atoms. The minimum Gasteiger partial charge on any atom is -0.456 e. The minimum absolute atomic E-state index is 0.891. The molecule has 0 aliphatic heterocycles. The monoisotopic (exact) mass is 653 g/mol. The van der Waals surface area contributed by atoms with E-state index >= 15 is 0 Å². The van der Waals surface area contributed by atoms with Crippen molar-refractivity contribution in [1.29, 1.82) is 0 Å². The molecule has 4 heterocycles. The maximum atomic E-state index is 6.26. The minimum atomic E-state index is 0.891. The van der Waals surface area contributed by atoms with Gasteiger partial charge >= 0.3 is 0 Å². The van der Waals surface area contributed by atoms with Crippen LogP contribution in [0, 0.1) is 6.92 Å². The van der Waals surface area contributed by atoms with Crippen LogP contribution in [0.3, 0.4) is 0 Å². The fourth-order valence-electron chi connectivity index (χ4n) is 7.62. The zero-order valence-corrected chi connectivity index (χ0v) is 27.9. The van der Waals surface area contributed by atoms with Crippen molar-refractivity contribution in [3.63, 3.8) is 0 Å². The van der Waals surface area contributed by atoms with Gasteiger partial charge in [-0.15, -0.1) is 0 Å². The number of aryl methyl sites for hydroxylation is 1. The Morgan fingerprint density at radius 3 is 1.49 bits per heavy atom. The van der Waals surface area contributed by atoms with Gasteiger partial charge in [0.1, 0.15) is 11.2 Å². The standard InChI is InChI=1S/C47H31N3O/c1-30-16-22-46-40(26-30)41-29-33(19-23-47(41)51-46)50-44-20-17-31(34-10-2-4-12-36(34)42-14-6-8-24-48-42)27-38(44)39-28-32(18-21-45(39)50)35-11-3-5-13-37(35)43-15-7-9-25-49-43/h2-29H,1H3. The number of benzene rings is 6. The first-order chi connectivity index (χ1) is 25.2. The number of nitrogens with zero attached hydrogens (tertiary/aromatic N) is 3. The third-order valence-electron chi connectivity index (χ3n) is 9.99. The molecule has 0 aliphatic rings. The van der Waals surface area contributed by atoms with Crippen LogP contribution in [0.25, 0.3) is 94.2 Å². The van der Waals surface area contributed by atoms with Crippen molar-refractivity contribution in [3.05, 3.63) is 176 Å². The van der Waals surface area contributed by atoms with Crippen LogP contribution in [0.15, 0.2) is 175 Å². The van der Waals surface area contributed by atoms with Crippen LogP contribution in [0.5, 0.6) is 0 Å². The summed E-state index contributed by atoms with van der Waals surface area (Å²) >= 11 is 0. The fraction of sp³-hybridized carbons (Fsp3) is 0.0213. The molecule has 0 aliphatic carbocycles. The third-order valence-corrected chi connectivity index (χ3v) is 9.99. The predicted octanol–water partition coefficient (Wildman–Crippen LogP) is 12.4. The highest BCUT2D eigenvalue weighted by atomic mass is 16.3. The van der Waals surface area contributed by atoms with Crippen molar-refractivity contribution in [2.24, 2.45) is 0 Å². The zero-order chi connectivity index (χ0) is 33.9. The van der Waals surface area contributed by atoms with Gasteiger partial charge < -0.3 is 8.98 Å². The highest BCUT2D eigenvalue weighted by molar-refractivity contribution is 6.13. The summed E-state index contributed by atoms with van der Waals surface area (Å²) in [6.07, 6.45) is 3.71. The molecule has 0 N–H and O–H groups in total. The number of rotatable bonds is 5. The molecular weight excluding hydrogens is 623 g/mol. The maximum absolute atomic E-state index is 6.26. The molecular formula is C47H31N3O. The SMILES string of the molecule is Cc1ccc2oc3ccc(-n4c5ccc(-c6ccccc6-c6ccccn6)cc5c5cc(-c6ccccc6-c6ccccn6)ccc54)cc3c2c1. The van der Waals surface area contributed by atoms with Crippen molar-refractivity contribution in [3.8, 4) is 50.5 Å². The first-order valence-corrected chi connectivity index (χ1v) is 17.2. The van der Waals surface area contributed by atoms with E-state index in [0.717, 1.165) is 83.4 Å². The Labute approximate surface area is 294 Å². The number of hydrogen-bond acceptors (Lipinski definition) is 3. The average Bonchev–Trinajstić information content (AvgIpc) is 3.72. The summed E-state index contributed by atoms with van der Waals surface area (Å²) in [7, 11) is 0. The lowest BCUT2D eigenvalue weighted by Crippen LogP contribution is -1.94. The lowest BCUT2D eigenvalue weighted by Gasteiger charge is -2.11. The Bertz CT molecular complexity index is 2780. The van der Waals surface area contributed by atoms with Crippen molar-refractivity contribution in [2.45, 2.75) is 6.92 Å². The summed E-state index contributed by atoms with van der Waals surface area (Å²) in [6, 6.07) is 55.9. The molecule has 4 nitrogen and oxygen atoms in total. The summed E-state index contributed by atoms with van der Waals surface area (Å²) in [6.45, 7) is 2.13. The second kappa shape index (κ2) is 11.7. The second-order valence-corrected chi connectivity index (χ2v) is 13.1. The fourth-order valence-corrected chi connectivity index (χ4v) is 7.62. The largest absolute Gasteiger partial charge is 0.456 e. The highest BCUT2D eigenvalue weighted by Gasteiger charge is 2.18. The molecule has 6 aromatic carbocycles. The number of hydrogen-bond donors (Lipinski definition) is 0. The Balaban J connectivity index is 1.24. The van der Waals surface area contributed by atoms with Gasteiger partial charge in [-0.3, -0.25) is 9.97 Å². The molecule has 0 fully saturated rings. The van der Waals surface area contributed by atoms with E-state index in [9.17, 15) is 0 Å². The van der Waals surface area contributed by atoms with E-state index in [-0.39, 0.29) is 0 Å². The smallest absolute Gasteiger partial charge is 0.135 e. The first kappa shape index (κ1) is 29.2. The van der Waals surface area contributed by atoms with Gasteiger partial charge in [-0.25, -0.2) is 0 Å². The van der Waals surface area contributed by atoms with Crippen LogP contribution in [-0.2, 0) is 0 Å². The molecule has 51 heavy (non-hydrogen) atoms. The lowest BCUT2D eigenvalue weighted by atomic mass is 9.94. The predicted molar refractivity (Wildman–Crippen MR) is 210 cm³/mol. The molecule has 0 spiro atoms. The first-order valence-electron chi connectivity index (χ1n) is 17.2. The second-order valence-electron chi connectivity index (χ2n) is 13.1. The van der Waals surface area contributed by atoms with E-state index in [2.05, 4.69) is 145 Å². The lowest BCUT2D eigenvalue weighted by molar-refractivity contribution is 0.669. The van der Waals surface area contributed by atoms with Crippen molar-refractivity contribution in [1.82, 2.24) is 14.5 Å². The van der Waals surface area contributed by atoms with Crippen molar-refractivity contribution >= 4 is 43.7 Å². The normalized spacial score (nSPS) is 11.6. The zero-order valence-electron chi connectivity index (χ0n) is 27.9. The molecule has 10 rings (SSSR count). The summed E-state index contributed by atoms with van der Waals surface area (Å²) < 4.78 is 8.65. The van der Waals surface area contributed by atoms with E-state index < -0.39 is 0 Å². The third kappa shape index (κ3) is 4.84. The summed E-state index contributed by atoms with van der Waals surface area (Å²) in [4.78, 5) is 9.40. The number of fused-ring (bicyclic) bond motifs is 6. The molecule has 0 radical (unpaired) electrons. The summed E-state index contributed by atoms with van der Waals surface area (Å²) in [5, 5.41) is 4.62. The van der Waals surface area contributed by atoms with Gasteiger partial charge in [0.2, 0.25) is 0 Å². The molecule has 10 aromatic rings. The number of pyridine rings is 2. The average molecular weight is 654 g/mol. The number of furan rings is 1. The molecule has 240 valence electrons. The topological polar surface area (TPSA) is 43.9 Å². The Hall–Kier alpha value is -6.78. The Morgan fingerprint density at radius 2 is 0.941 bits per heavy atom. The summed E-state index contributed by atoms with van der Waals surface area (Å²) in [5.74, 6) is 0. The van der Waals surface area contributed by atoms with Crippen molar-refractivity contribution < 1.29 is 4.42 Å². The molecule has 0 amide bonds. The van der Waals surface area contributed by atoms with Gasteiger partial charge in [0.25, 0.3) is 0 Å². The van der Waals surface area contributed by atoms with Gasteiger partial charge in [-0.2, -0.15) is 0 Å². The van der Waals surface area contributed by atoms with Gasteiger partial charge in [0.15, 0.2) is 0 Å². The summed E-state index contributed by atoms with van der Waals surface area (Å²) in [5.41, 5.74) is 15.1. The molecule has 0 unspecified atom stereocenters. The van der Waals surface area contributed by atoms with Gasteiger partial charge in [-0.05, 0) is 108 Å². The maximum Gasteiger partial charge on any atom is 0.135 e. The van der Waals surface area contributed by atoms with E-state index in [1.807, 2.05) is 36.7 Å². The van der Waals surface area contributed by atoms with E-state index in [4.69, 9.17) is 14.4 Å². The van der Waals surface area contributed by atoms with Crippen LogP contribution in [0.4, 0.5) is 0 Å². The van der Waals surface area contributed by atoms with Crippen LogP contribution in [0.1, 0.15) is 5.56 Å². The quantitative estimate of drug-likeness (QED) is 0.186. The molecule has 0 saturated carbocycles. The van der Waals surface area contributed by atoms with E-state index in [1.165, 1.54) is 16.3 Å². The molecule has 0 saturated heterocycles. The van der Waals surface area contributed by atoms with E-state index in [1.54, 1.807) is 0 Å². The van der Waals surface area contributed by atoms with E-state index in [0.29, 0.717) is 0 Å².